The maximum Gasteiger partial charge on any atom is 0.143 e. The second-order valence-corrected chi connectivity index (χ2v) is 8.76. The van der Waals surface area contributed by atoms with Crippen LogP contribution in [0.15, 0.2) is 126 Å². The minimum Gasteiger partial charge on any atom is -0.359 e. The van der Waals surface area contributed by atoms with E-state index in [1.165, 1.54) is 10.9 Å². The van der Waals surface area contributed by atoms with E-state index < -0.39 is 5.60 Å². The number of aromatic nitrogens is 1. The molecular formula is C29H24BrNO. The van der Waals surface area contributed by atoms with Crippen molar-refractivity contribution in [3.8, 4) is 0 Å². The lowest BCUT2D eigenvalue weighted by Gasteiger charge is -2.36. The van der Waals surface area contributed by atoms with Crippen LogP contribution in [-0.4, -0.2) is 11.2 Å². The van der Waals surface area contributed by atoms with Gasteiger partial charge in [0.1, 0.15) is 5.60 Å². The van der Waals surface area contributed by atoms with Crippen LogP contribution in [0.5, 0.6) is 0 Å². The first-order valence-corrected chi connectivity index (χ1v) is 11.6. The summed E-state index contributed by atoms with van der Waals surface area (Å²) < 4.78 is 10.3. The van der Waals surface area contributed by atoms with Gasteiger partial charge in [-0.1, -0.05) is 107 Å². The fourth-order valence-corrected chi connectivity index (χ4v) is 4.81. The molecule has 0 atom stereocenters. The van der Waals surface area contributed by atoms with E-state index in [4.69, 9.17) is 4.74 Å². The number of rotatable bonds is 7. The molecular weight excluding hydrogens is 458 g/mol. The minimum atomic E-state index is -0.685. The Labute approximate surface area is 197 Å². The van der Waals surface area contributed by atoms with Gasteiger partial charge in [-0.2, -0.15) is 0 Å². The summed E-state index contributed by atoms with van der Waals surface area (Å²) in [5, 5.41) is 1.22. The third-order valence-corrected chi connectivity index (χ3v) is 6.42. The van der Waals surface area contributed by atoms with Gasteiger partial charge in [0.25, 0.3) is 0 Å². The van der Waals surface area contributed by atoms with Crippen LogP contribution < -0.4 is 0 Å². The fourth-order valence-electron chi connectivity index (χ4n) is 4.43. The van der Waals surface area contributed by atoms with Crippen LogP contribution in [0.2, 0.25) is 0 Å². The van der Waals surface area contributed by atoms with Gasteiger partial charge >= 0.3 is 0 Å². The lowest BCUT2D eigenvalue weighted by Crippen LogP contribution is -2.34. The summed E-state index contributed by atoms with van der Waals surface area (Å²) in [4.78, 5) is 0. The Morgan fingerprint density at radius 1 is 0.656 bits per heavy atom. The van der Waals surface area contributed by atoms with Gasteiger partial charge in [-0.3, -0.25) is 0 Å². The summed E-state index contributed by atoms with van der Waals surface area (Å²) in [7, 11) is 0. The van der Waals surface area contributed by atoms with E-state index >= 15 is 0 Å². The van der Waals surface area contributed by atoms with Gasteiger partial charge in [-0.05, 0) is 41.0 Å². The Bertz CT molecular complexity index is 1200. The number of ether oxygens (including phenoxy) is 1. The molecule has 0 aliphatic carbocycles. The molecule has 1 aromatic heterocycles. The van der Waals surface area contributed by atoms with E-state index in [9.17, 15) is 0 Å². The van der Waals surface area contributed by atoms with Crippen LogP contribution in [0, 0.1) is 0 Å². The molecule has 0 fully saturated rings. The van der Waals surface area contributed by atoms with Gasteiger partial charge in [0, 0.05) is 28.1 Å². The topological polar surface area (TPSA) is 14.2 Å². The third-order valence-electron chi connectivity index (χ3n) is 5.92. The van der Waals surface area contributed by atoms with Crippen molar-refractivity contribution in [1.82, 2.24) is 4.57 Å². The fraction of sp³-hybridized carbons (Fsp3) is 0.103. The Morgan fingerprint density at radius 3 is 1.72 bits per heavy atom. The average molecular weight is 482 g/mol. The molecule has 5 rings (SSSR count). The molecule has 0 N–H and O–H groups in total. The average Bonchev–Trinajstić information content (AvgIpc) is 3.25. The zero-order chi connectivity index (χ0) is 21.8. The summed E-state index contributed by atoms with van der Waals surface area (Å²) in [6, 6.07) is 40.1. The predicted molar refractivity (Wildman–Crippen MR) is 135 cm³/mol. The number of hydrogen-bond acceptors (Lipinski definition) is 1. The van der Waals surface area contributed by atoms with Crippen molar-refractivity contribution in [3.05, 3.63) is 143 Å². The maximum atomic E-state index is 6.90. The molecule has 5 aromatic rings. The number of halogens is 1. The van der Waals surface area contributed by atoms with Crippen molar-refractivity contribution in [3.63, 3.8) is 0 Å². The number of fused-ring (bicyclic) bond motifs is 1. The molecule has 0 saturated carbocycles. The Balaban J connectivity index is 1.55. The highest BCUT2D eigenvalue weighted by Crippen LogP contribution is 2.40. The first-order valence-electron chi connectivity index (χ1n) is 10.8. The molecule has 158 valence electrons. The van der Waals surface area contributed by atoms with Gasteiger partial charge < -0.3 is 9.30 Å². The molecule has 0 radical (unpaired) electrons. The Hall–Kier alpha value is -3.14. The Morgan fingerprint density at radius 2 is 1.19 bits per heavy atom. The van der Waals surface area contributed by atoms with Crippen molar-refractivity contribution in [2.75, 3.05) is 6.61 Å². The third kappa shape index (κ3) is 3.90. The molecule has 0 bridgehead atoms. The zero-order valence-electron chi connectivity index (χ0n) is 17.7. The van der Waals surface area contributed by atoms with E-state index in [1.807, 2.05) is 18.2 Å². The molecule has 0 amide bonds. The highest BCUT2D eigenvalue weighted by atomic mass is 79.9. The van der Waals surface area contributed by atoms with Crippen LogP contribution >= 0.6 is 15.9 Å². The molecule has 0 unspecified atom stereocenters. The smallest absolute Gasteiger partial charge is 0.143 e. The SMILES string of the molecule is Brc1ccc2c(ccn2CCOC(c2ccccc2)(c2ccccc2)c2ccccc2)c1. The highest BCUT2D eigenvalue weighted by Gasteiger charge is 2.37. The minimum absolute atomic E-state index is 0.568. The van der Waals surface area contributed by atoms with Gasteiger partial charge in [0.2, 0.25) is 0 Å². The van der Waals surface area contributed by atoms with Gasteiger partial charge in [0.15, 0.2) is 0 Å². The van der Waals surface area contributed by atoms with Crippen molar-refractivity contribution >= 4 is 26.8 Å². The molecule has 32 heavy (non-hydrogen) atoms. The number of hydrogen-bond donors (Lipinski definition) is 0. The van der Waals surface area contributed by atoms with E-state index in [1.54, 1.807) is 0 Å². The van der Waals surface area contributed by atoms with Crippen molar-refractivity contribution in [2.24, 2.45) is 0 Å². The first-order chi connectivity index (χ1) is 15.8. The highest BCUT2D eigenvalue weighted by molar-refractivity contribution is 9.10. The Kier molecular flexibility index (Phi) is 5.93. The largest absolute Gasteiger partial charge is 0.359 e. The van der Waals surface area contributed by atoms with Crippen LogP contribution in [0.3, 0.4) is 0 Å². The van der Waals surface area contributed by atoms with Crippen LogP contribution in [0.4, 0.5) is 0 Å². The van der Waals surface area contributed by atoms with Gasteiger partial charge in [-0.25, -0.2) is 0 Å². The van der Waals surface area contributed by atoms with E-state index in [-0.39, 0.29) is 0 Å². The number of benzene rings is 4. The monoisotopic (exact) mass is 481 g/mol. The van der Waals surface area contributed by atoms with Crippen LogP contribution in [0.25, 0.3) is 10.9 Å². The van der Waals surface area contributed by atoms with E-state index in [2.05, 4.69) is 124 Å². The molecule has 3 heteroatoms. The molecule has 0 saturated heterocycles. The molecule has 4 aromatic carbocycles. The molecule has 2 nitrogen and oxygen atoms in total. The standard InChI is InChI=1S/C29H24BrNO/c30-27-16-17-28-23(22-27)18-19-31(28)20-21-32-29(24-10-4-1-5-11-24,25-12-6-2-7-13-25)26-14-8-3-9-15-26/h1-19,22H,20-21H2. The lowest BCUT2D eigenvalue weighted by atomic mass is 9.80. The molecule has 0 aliphatic heterocycles. The number of nitrogens with zero attached hydrogens (tertiary/aromatic N) is 1. The summed E-state index contributed by atoms with van der Waals surface area (Å²) in [5.41, 5.74) is 3.90. The van der Waals surface area contributed by atoms with Crippen LogP contribution in [-0.2, 0) is 16.9 Å². The second-order valence-electron chi connectivity index (χ2n) is 7.84. The van der Waals surface area contributed by atoms with E-state index in [0.717, 1.165) is 27.7 Å². The van der Waals surface area contributed by atoms with Crippen molar-refractivity contribution < 1.29 is 4.74 Å². The van der Waals surface area contributed by atoms with Crippen LogP contribution in [0.1, 0.15) is 16.7 Å². The zero-order valence-corrected chi connectivity index (χ0v) is 19.3. The van der Waals surface area contributed by atoms with E-state index in [0.29, 0.717) is 6.61 Å². The predicted octanol–water partition coefficient (Wildman–Crippen LogP) is 7.41. The maximum absolute atomic E-state index is 6.90. The summed E-state index contributed by atoms with van der Waals surface area (Å²) >= 11 is 3.56. The summed E-state index contributed by atoms with van der Waals surface area (Å²) in [6.45, 7) is 1.33. The quantitative estimate of drug-likeness (QED) is 0.220. The van der Waals surface area contributed by atoms with Gasteiger partial charge in [-0.15, -0.1) is 0 Å². The van der Waals surface area contributed by atoms with Crippen molar-refractivity contribution in [1.29, 1.82) is 0 Å². The lowest BCUT2D eigenvalue weighted by molar-refractivity contribution is 0.00878. The summed E-state index contributed by atoms with van der Waals surface area (Å²) in [6.07, 6.45) is 2.13. The second kappa shape index (κ2) is 9.15. The molecule has 0 aliphatic rings. The molecule has 0 spiro atoms. The molecule has 1 heterocycles. The first kappa shape index (κ1) is 20.7. The summed E-state index contributed by atoms with van der Waals surface area (Å²) in [5.74, 6) is 0. The van der Waals surface area contributed by atoms with Gasteiger partial charge in [0.05, 0.1) is 6.61 Å². The normalized spacial score (nSPS) is 11.7. The van der Waals surface area contributed by atoms with Crippen molar-refractivity contribution in [2.45, 2.75) is 12.1 Å².